The molecule has 0 amide bonds. The Balaban J connectivity index is 1.73. The first-order chi connectivity index (χ1) is 19.7. The second-order valence-electron chi connectivity index (χ2n) is 13.8. The van der Waals surface area contributed by atoms with Crippen molar-refractivity contribution in [1.82, 2.24) is 4.31 Å². The minimum atomic E-state index is -1.20. The average molecular weight is 598 g/mol. The Bertz CT molecular complexity index is 1550. The molecule has 0 saturated carbocycles. The zero-order chi connectivity index (χ0) is 30.4. The first kappa shape index (κ1) is 30.7. The Morgan fingerprint density at radius 3 is 1.71 bits per heavy atom. The Kier molecular flexibility index (Phi) is 8.31. The minimum Gasteiger partial charge on any atom is -0.456 e. The largest absolute Gasteiger partial charge is 0.456 e. The third-order valence-corrected chi connectivity index (χ3v) is 12.4. The van der Waals surface area contributed by atoms with Crippen LogP contribution in [0.15, 0.2) is 97.1 Å². The van der Waals surface area contributed by atoms with Crippen LogP contribution in [-0.2, 0) is 16.4 Å². The summed E-state index contributed by atoms with van der Waals surface area (Å²) in [4.78, 5) is 0. The Hall–Kier alpha value is -2.78. The van der Waals surface area contributed by atoms with Crippen LogP contribution in [0.5, 0.6) is 11.5 Å². The number of hydrogen-bond acceptors (Lipinski definition) is 2. The van der Waals surface area contributed by atoms with E-state index in [1.54, 1.807) is 0 Å². The summed E-state index contributed by atoms with van der Waals surface area (Å²) in [6.07, 6.45) is 0. The van der Waals surface area contributed by atoms with Crippen molar-refractivity contribution < 1.29 is 8.95 Å². The molecule has 0 N–H and O–H groups in total. The van der Waals surface area contributed by atoms with Crippen molar-refractivity contribution in [2.24, 2.45) is 5.41 Å². The molecule has 0 aromatic heterocycles. The molecule has 0 unspecified atom stereocenters. The van der Waals surface area contributed by atoms with E-state index in [9.17, 15) is 4.21 Å². The molecular formula is C37H44NO2PS. The fraction of sp³-hybridized carbons (Fsp3) is 0.351. The van der Waals surface area contributed by atoms with E-state index < -0.39 is 18.9 Å². The maximum Gasteiger partial charge on any atom is 0.139 e. The molecule has 0 saturated heterocycles. The molecule has 5 rings (SSSR count). The highest BCUT2D eigenvalue weighted by molar-refractivity contribution is 7.84. The third-order valence-electron chi connectivity index (χ3n) is 8.12. The van der Waals surface area contributed by atoms with Crippen molar-refractivity contribution in [3.8, 4) is 11.5 Å². The Labute approximate surface area is 256 Å². The van der Waals surface area contributed by atoms with Crippen LogP contribution >= 0.6 is 7.92 Å². The maximum absolute atomic E-state index is 13.8. The van der Waals surface area contributed by atoms with Crippen LogP contribution < -0.4 is 20.7 Å². The molecule has 2 atom stereocenters. The number of ether oxygens (including phenoxy) is 1. The third kappa shape index (κ3) is 5.62. The zero-order valence-corrected chi connectivity index (χ0v) is 28.1. The van der Waals surface area contributed by atoms with Crippen LogP contribution in [0, 0.1) is 5.41 Å². The standard InChI is InChI=1S/C37H44NO2PS/c1-35(2,3)34(38(9)42(39)36(4,5)6)28-22-16-23-29-32(28)40-33-30(37(29,7)8)24-17-25-31(33)41(26-18-12-10-13-19-26)27-20-14-11-15-21-27/h10-25,34H,1-9H3/t34-,42-/m1/s1. The van der Waals surface area contributed by atoms with Crippen LogP contribution in [-0.4, -0.2) is 20.3 Å². The van der Waals surface area contributed by atoms with E-state index in [0.717, 1.165) is 22.6 Å². The molecule has 220 valence electrons. The summed E-state index contributed by atoms with van der Waals surface area (Å²) >= 11 is 0. The molecule has 4 aromatic rings. The smallest absolute Gasteiger partial charge is 0.139 e. The molecule has 4 aromatic carbocycles. The summed E-state index contributed by atoms with van der Waals surface area (Å²) in [6.45, 7) is 17.4. The number of para-hydroxylation sites is 2. The van der Waals surface area contributed by atoms with E-state index in [1.807, 2.05) is 32.1 Å². The summed E-state index contributed by atoms with van der Waals surface area (Å²) < 4.78 is 22.6. The van der Waals surface area contributed by atoms with Crippen LogP contribution in [0.4, 0.5) is 0 Å². The van der Waals surface area contributed by atoms with E-state index in [4.69, 9.17) is 4.74 Å². The van der Waals surface area contributed by atoms with Gasteiger partial charge in [0.25, 0.3) is 0 Å². The lowest BCUT2D eigenvalue weighted by atomic mass is 9.73. The predicted octanol–water partition coefficient (Wildman–Crippen LogP) is 8.36. The normalized spacial score (nSPS) is 16.0. The highest BCUT2D eigenvalue weighted by Crippen LogP contribution is 2.54. The van der Waals surface area contributed by atoms with Gasteiger partial charge in [0.05, 0.1) is 10.8 Å². The highest BCUT2D eigenvalue weighted by atomic mass is 32.2. The molecule has 1 heterocycles. The molecule has 1 aliphatic heterocycles. The second-order valence-corrected chi connectivity index (χ2v) is 18.3. The molecular weight excluding hydrogens is 553 g/mol. The summed E-state index contributed by atoms with van der Waals surface area (Å²) in [5, 5.41) is 3.80. The summed E-state index contributed by atoms with van der Waals surface area (Å²) in [6, 6.07) is 34.6. The quantitative estimate of drug-likeness (QED) is 0.209. The number of fused-ring (bicyclic) bond motifs is 2. The first-order valence-corrected chi connectivity index (χ1v) is 17.2. The molecule has 0 spiro atoms. The fourth-order valence-corrected chi connectivity index (χ4v) is 10.1. The molecule has 0 fully saturated rings. The van der Waals surface area contributed by atoms with Crippen LogP contribution in [0.3, 0.4) is 0 Å². The van der Waals surface area contributed by atoms with Gasteiger partial charge in [0.1, 0.15) is 22.5 Å². The fourth-order valence-electron chi connectivity index (χ4n) is 6.24. The monoisotopic (exact) mass is 597 g/mol. The lowest BCUT2D eigenvalue weighted by Crippen LogP contribution is -2.42. The van der Waals surface area contributed by atoms with Crippen molar-refractivity contribution in [3.63, 3.8) is 0 Å². The number of rotatable bonds is 6. The van der Waals surface area contributed by atoms with E-state index in [0.29, 0.717) is 0 Å². The van der Waals surface area contributed by atoms with Gasteiger partial charge in [-0.25, -0.2) is 8.51 Å². The highest BCUT2D eigenvalue weighted by Gasteiger charge is 2.43. The van der Waals surface area contributed by atoms with Gasteiger partial charge in [-0.15, -0.1) is 0 Å². The minimum absolute atomic E-state index is 0.123. The molecule has 0 aliphatic carbocycles. The molecule has 3 nitrogen and oxygen atoms in total. The Morgan fingerprint density at radius 1 is 0.714 bits per heavy atom. The van der Waals surface area contributed by atoms with Gasteiger partial charge < -0.3 is 4.74 Å². The lowest BCUT2D eigenvalue weighted by Gasteiger charge is -2.43. The van der Waals surface area contributed by atoms with E-state index in [1.165, 1.54) is 21.5 Å². The maximum atomic E-state index is 13.8. The van der Waals surface area contributed by atoms with Gasteiger partial charge in [0.2, 0.25) is 0 Å². The second kappa shape index (κ2) is 11.4. The van der Waals surface area contributed by atoms with Crippen LogP contribution in [0.1, 0.15) is 78.1 Å². The first-order valence-electron chi connectivity index (χ1n) is 14.7. The molecule has 0 bridgehead atoms. The molecule has 42 heavy (non-hydrogen) atoms. The van der Waals surface area contributed by atoms with Crippen molar-refractivity contribution in [1.29, 1.82) is 0 Å². The van der Waals surface area contributed by atoms with Crippen molar-refractivity contribution >= 4 is 34.8 Å². The SMILES string of the molecule is CN([C@H](c1cccc2c1Oc1c(P(c3ccccc3)c3ccccc3)cccc1C2(C)C)C(C)(C)C)[S@](=O)C(C)(C)C. The number of hydrogen-bond donors (Lipinski definition) is 0. The molecule has 1 aliphatic rings. The van der Waals surface area contributed by atoms with E-state index >= 15 is 0 Å². The number of nitrogens with zero attached hydrogens (tertiary/aromatic N) is 1. The van der Waals surface area contributed by atoms with Crippen molar-refractivity contribution in [3.05, 3.63) is 114 Å². The summed E-state index contributed by atoms with van der Waals surface area (Å²) in [5.74, 6) is 1.85. The van der Waals surface area contributed by atoms with E-state index in [2.05, 4.69) is 132 Å². The zero-order valence-electron chi connectivity index (χ0n) is 26.4. The average Bonchev–Trinajstić information content (AvgIpc) is 2.93. The molecule has 0 radical (unpaired) electrons. The van der Waals surface area contributed by atoms with Gasteiger partial charge in [0, 0.05) is 34.5 Å². The van der Waals surface area contributed by atoms with Gasteiger partial charge >= 0.3 is 0 Å². The summed E-state index contributed by atoms with van der Waals surface area (Å²) in [7, 11) is -0.0719. The topological polar surface area (TPSA) is 29.5 Å². The number of benzene rings is 4. The lowest BCUT2D eigenvalue weighted by molar-refractivity contribution is 0.201. The van der Waals surface area contributed by atoms with Gasteiger partial charge in [-0.3, -0.25) is 0 Å². The van der Waals surface area contributed by atoms with Crippen molar-refractivity contribution in [2.45, 2.75) is 71.6 Å². The molecule has 5 heteroatoms. The van der Waals surface area contributed by atoms with Crippen LogP contribution in [0.2, 0.25) is 0 Å². The summed E-state index contributed by atoms with van der Waals surface area (Å²) in [5.41, 5.74) is 2.96. The van der Waals surface area contributed by atoms with Crippen molar-refractivity contribution in [2.75, 3.05) is 7.05 Å². The van der Waals surface area contributed by atoms with Gasteiger partial charge in [-0.2, -0.15) is 0 Å². The van der Waals surface area contributed by atoms with Gasteiger partial charge in [0.15, 0.2) is 0 Å². The van der Waals surface area contributed by atoms with E-state index in [-0.39, 0.29) is 21.6 Å². The predicted molar refractivity (Wildman–Crippen MR) is 182 cm³/mol. The van der Waals surface area contributed by atoms with Gasteiger partial charge in [-0.05, 0) is 44.7 Å². The van der Waals surface area contributed by atoms with Gasteiger partial charge in [-0.1, -0.05) is 132 Å². The van der Waals surface area contributed by atoms with Crippen LogP contribution in [0.25, 0.3) is 0 Å². The Morgan fingerprint density at radius 2 is 1.21 bits per heavy atom.